The topological polar surface area (TPSA) is 99.1 Å². The second-order valence-electron chi connectivity index (χ2n) is 14.0. The molecule has 0 heterocycles. The zero-order valence-corrected chi connectivity index (χ0v) is 25.8. The fourth-order valence-electron chi connectivity index (χ4n) is 9.02. The number of fused-ring (bicyclic) bond motifs is 5. The molecule has 0 aromatic rings. The molecule has 4 aliphatic carbocycles. The van der Waals surface area contributed by atoms with Gasteiger partial charge in [-0.15, -0.1) is 0 Å². The number of hydrogen-bond donors (Lipinski definition) is 1. The third kappa shape index (κ3) is 4.84. The number of esters is 3. The molecule has 0 radical (unpaired) electrons. The summed E-state index contributed by atoms with van der Waals surface area (Å²) >= 11 is 3.92. The Labute approximate surface area is 236 Å². The van der Waals surface area contributed by atoms with Crippen LogP contribution in [-0.2, 0) is 28.6 Å². The summed E-state index contributed by atoms with van der Waals surface area (Å²) in [5.74, 6) is -0.205. The van der Waals surface area contributed by atoms with Gasteiger partial charge >= 0.3 is 17.9 Å². The SMILES string of the molecule is CC(=O)OC[C@]12CC[C@H](OC(C)=O)C[C@@H]1CC[C@@H]1[C@@H]2CC[C@]2(C)[C@@H]([C@H](C)OC(=O)C(C)(C)C)C[C@@H](Br)[C@]12O. The van der Waals surface area contributed by atoms with E-state index in [1.54, 1.807) is 0 Å². The summed E-state index contributed by atoms with van der Waals surface area (Å²) in [7, 11) is 0. The van der Waals surface area contributed by atoms with E-state index >= 15 is 0 Å². The molecule has 0 aliphatic heterocycles. The molecular formula is C30H47BrO7. The Morgan fingerprint density at radius 2 is 1.68 bits per heavy atom. The second kappa shape index (κ2) is 10.4. The Morgan fingerprint density at radius 3 is 2.29 bits per heavy atom. The molecule has 216 valence electrons. The average molecular weight is 600 g/mol. The van der Waals surface area contributed by atoms with Gasteiger partial charge in [-0.25, -0.2) is 0 Å². The highest BCUT2D eigenvalue weighted by Gasteiger charge is 2.72. The lowest BCUT2D eigenvalue weighted by Gasteiger charge is -2.64. The molecule has 1 N–H and O–H groups in total. The summed E-state index contributed by atoms with van der Waals surface area (Å²) in [4.78, 5) is 36.3. The zero-order valence-electron chi connectivity index (χ0n) is 24.2. The van der Waals surface area contributed by atoms with E-state index in [1.165, 1.54) is 13.8 Å². The maximum atomic E-state index is 12.7. The molecular weight excluding hydrogens is 552 g/mol. The van der Waals surface area contributed by atoms with Crippen molar-refractivity contribution in [2.45, 2.75) is 122 Å². The molecule has 0 spiro atoms. The first-order valence-electron chi connectivity index (χ1n) is 14.4. The van der Waals surface area contributed by atoms with E-state index < -0.39 is 16.4 Å². The predicted octanol–water partition coefficient (Wildman–Crippen LogP) is 5.59. The first kappa shape index (κ1) is 29.8. The number of ether oxygens (including phenoxy) is 3. The average Bonchev–Trinajstić information content (AvgIpc) is 3.03. The van der Waals surface area contributed by atoms with Crippen molar-refractivity contribution in [2.24, 2.45) is 39.9 Å². The monoisotopic (exact) mass is 598 g/mol. The first-order chi connectivity index (χ1) is 17.6. The van der Waals surface area contributed by atoms with E-state index in [-0.39, 0.29) is 64.0 Å². The highest BCUT2D eigenvalue weighted by atomic mass is 79.9. The largest absolute Gasteiger partial charge is 0.465 e. The molecule has 7 nitrogen and oxygen atoms in total. The third-order valence-electron chi connectivity index (χ3n) is 10.9. The van der Waals surface area contributed by atoms with Crippen molar-refractivity contribution in [3.05, 3.63) is 0 Å². The minimum Gasteiger partial charge on any atom is -0.465 e. The number of carbonyl (C=O) groups is 3. The van der Waals surface area contributed by atoms with Crippen LogP contribution in [0.4, 0.5) is 0 Å². The quantitative estimate of drug-likeness (QED) is 0.250. The van der Waals surface area contributed by atoms with Gasteiger partial charge in [0.25, 0.3) is 0 Å². The van der Waals surface area contributed by atoms with E-state index in [9.17, 15) is 19.5 Å². The van der Waals surface area contributed by atoms with Gasteiger partial charge in [-0.1, -0.05) is 22.9 Å². The molecule has 4 saturated carbocycles. The number of alkyl halides is 1. The molecule has 4 aliphatic rings. The van der Waals surface area contributed by atoms with Crippen LogP contribution in [0.15, 0.2) is 0 Å². The molecule has 10 atom stereocenters. The van der Waals surface area contributed by atoms with E-state index in [4.69, 9.17) is 14.2 Å². The molecule has 4 fully saturated rings. The van der Waals surface area contributed by atoms with Crippen molar-refractivity contribution < 1.29 is 33.7 Å². The van der Waals surface area contributed by atoms with Crippen LogP contribution < -0.4 is 0 Å². The van der Waals surface area contributed by atoms with Crippen LogP contribution in [0.3, 0.4) is 0 Å². The summed E-state index contributed by atoms with van der Waals surface area (Å²) in [5, 5.41) is 12.7. The van der Waals surface area contributed by atoms with Crippen LogP contribution in [0.5, 0.6) is 0 Å². The summed E-state index contributed by atoms with van der Waals surface area (Å²) in [6, 6.07) is 0. The summed E-state index contributed by atoms with van der Waals surface area (Å²) in [6.45, 7) is 13.0. The van der Waals surface area contributed by atoms with E-state index in [0.29, 0.717) is 6.61 Å². The smallest absolute Gasteiger partial charge is 0.311 e. The van der Waals surface area contributed by atoms with Crippen molar-refractivity contribution >= 4 is 33.8 Å². The van der Waals surface area contributed by atoms with Crippen molar-refractivity contribution in [1.29, 1.82) is 0 Å². The van der Waals surface area contributed by atoms with Crippen LogP contribution in [0.1, 0.15) is 99.8 Å². The van der Waals surface area contributed by atoms with Crippen LogP contribution >= 0.6 is 15.9 Å². The van der Waals surface area contributed by atoms with Gasteiger partial charge in [-0.3, -0.25) is 14.4 Å². The van der Waals surface area contributed by atoms with Gasteiger partial charge in [0.2, 0.25) is 0 Å². The Kier molecular flexibility index (Phi) is 8.13. The molecule has 38 heavy (non-hydrogen) atoms. The molecule has 0 saturated heterocycles. The van der Waals surface area contributed by atoms with Gasteiger partial charge in [0.1, 0.15) is 12.2 Å². The fraction of sp³-hybridized carbons (Fsp3) is 0.900. The summed E-state index contributed by atoms with van der Waals surface area (Å²) in [6.07, 6.45) is 6.19. The zero-order chi connectivity index (χ0) is 28.3. The lowest BCUT2D eigenvalue weighted by atomic mass is 9.43. The van der Waals surface area contributed by atoms with Gasteiger partial charge in [0, 0.05) is 35.4 Å². The molecule has 0 aromatic carbocycles. The molecule has 0 unspecified atom stereocenters. The molecule has 8 heteroatoms. The number of halogens is 1. The third-order valence-corrected chi connectivity index (χ3v) is 12.0. The predicted molar refractivity (Wildman–Crippen MR) is 146 cm³/mol. The van der Waals surface area contributed by atoms with Crippen LogP contribution in [0.25, 0.3) is 0 Å². The van der Waals surface area contributed by atoms with Gasteiger partial charge in [0.15, 0.2) is 0 Å². The van der Waals surface area contributed by atoms with Crippen LogP contribution in [-0.4, -0.2) is 52.3 Å². The van der Waals surface area contributed by atoms with Gasteiger partial charge in [-0.05, 0) is 96.8 Å². The van der Waals surface area contributed by atoms with Crippen molar-refractivity contribution in [3.63, 3.8) is 0 Å². The first-order valence-corrected chi connectivity index (χ1v) is 15.4. The lowest BCUT2D eigenvalue weighted by Crippen LogP contribution is -2.66. The normalized spacial score (nSPS) is 43.2. The maximum absolute atomic E-state index is 12.7. The Balaban J connectivity index is 1.64. The second-order valence-corrected chi connectivity index (χ2v) is 15.1. The number of rotatable bonds is 5. The minimum atomic E-state index is -0.968. The van der Waals surface area contributed by atoms with Gasteiger partial charge in [0.05, 0.1) is 17.6 Å². The maximum Gasteiger partial charge on any atom is 0.311 e. The van der Waals surface area contributed by atoms with Gasteiger partial charge in [-0.2, -0.15) is 0 Å². The molecule has 4 rings (SSSR count). The number of carbonyl (C=O) groups excluding carboxylic acids is 3. The molecule has 0 aromatic heterocycles. The fourth-order valence-corrected chi connectivity index (χ4v) is 10.3. The van der Waals surface area contributed by atoms with Crippen LogP contribution in [0.2, 0.25) is 0 Å². The van der Waals surface area contributed by atoms with E-state index in [2.05, 4.69) is 22.9 Å². The number of aliphatic hydroxyl groups is 1. The highest BCUT2D eigenvalue weighted by molar-refractivity contribution is 9.09. The van der Waals surface area contributed by atoms with Crippen molar-refractivity contribution in [2.75, 3.05) is 6.61 Å². The molecule has 0 amide bonds. The standard InChI is InChI=1S/C30H47BrO7/c1-17(37-26(34)27(4,5)6)24-15-25(31)30(35)23-9-8-20-14-21(38-19(3)33)10-13-29(20,16-36-18(2)32)22(23)11-12-28(24,30)7/h17,20-25,35H,8-16H2,1-7H3/t17-,20-,21-,22-,23+,24+,25+,28+,29+,30+/m0/s1. The Bertz CT molecular complexity index is 945. The van der Waals surface area contributed by atoms with Gasteiger partial charge < -0.3 is 19.3 Å². The Hall–Kier alpha value is -1.15. The van der Waals surface area contributed by atoms with Crippen molar-refractivity contribution in [3.8, 4) is 0 Å². The summed E-state index contributed by atoms with van der Waals surface area (Å²) < 4.78 is 17.3. The van der Waals surface area contributed by atoms with Crippen LogP contribution in [0, 0.1) is 39.9 Å². The van der Waals surface area contributed by atoms with E-state index in [1.807, 2.05) is 27.7 Å². The minimum absolute atomic E-state index is 0.0333. The van der Waals surface area contributed by atoms with E-state index in [0.717, 1.165) is 51.4 Å². The van der Waals surface area contributed by atoms with Crippen molar-refractivity contribution in [1.82, 2.24) is 0 Å². The summed E-state index contributed by atoms with van der Waals surface area (Å²) in [5.41, 5.74) is -2.20. The molecule has 0 bridgehead atoms. The Morgan fingerprint density at radius 1 is 1.00 bits per heavy atom. The number of hydrogen-bond acceptors (Lipinski definition) is 7. The lowest BCUT2D eigenvalue weighted by molar-refractivity contribution is -0.228. The highest BCUT2D eigenvalue weighted by Crippen LogP contribution is 2.70.